The zero-order chi connectivity index (χ0) is 23.3. The molecule has 0 saturated heterocycles. The standard InChI is InChI=1S/C22H19N5O5S/c1-4-31-22(28)17-12-16-19(27(17)33(29,30)15-8-6-5-7-9-15)23-21(18-11-10-13(2)32-18)26-14(3)24-25-20(16)26/h5-12H,4H2,1-3H3. The van der Waals surface area contributed by atoms with E-state index in [1.165, 1.54) is 18.2 Å². The molecule has 0 atom stereocenters. The molecule has 0 spiro atoms. The van der Waals surface area contributed by atoms with Gasteiger partial charge < -0.3 is 9.15 Å². The van der Waals surface area contributed by atoms with Gasteiger partial charge in [0.15, 0.2) is 22.9 Å². The van der Waals surface area contributed by atoms with Crippen molar-refractivity contribution in [1.29, 1.82) is 0 Å². The van der Waals surface area contributed by atoms with Crippen LogP contribution in [0.5, 0.6) is 0 Å². The maximum absolute atomic E-state index is 13.7. The first-order valence-corrected chi connectivity index (χ1v) is 11.6. The first kappa shape index (κ1) is 20.9. The molecule has 10 nitrogen and oxygen atoms in total. The summed E-state index contributed by atoms with van der Waals surface area (Å²) in [6, 6.07) is 12.7. The topological polar surface area (TPSA) is 122 Å². The van der Waals surface area contributed by atoms with Gasteiger partial charge in [0, 0.05) is 0 Å². The number of carbonyl (C=O) groups excluding carboxylic acids is 1. The lowest BCUT2D eigenvalue weighted by Crippen LogP contribution is -2.20. The van der Waals surface area contributed by atoms with E-state index in [1.807, 2.05) is 0 Å². The van der Waals surface area contributed by atoms with Gasteiger partial charge in [0.05, 0.1) is 16.9 Å². The molecule has 0 aliphatic heterocycles. The van der Waals surface area contributed by atoms with E-state index in [1.54, 1.807) is 55.5 Å². The highest BCUT2D eigenvalue weighted by Gasteiger charge is 2.31. The number of esters is 1. The minimum absolute atomic E-state index is 0.00256. The van der Waals surface area contributed by atoms with Crippen molar-refractivity contribution in [3.8, 4) is 11.6 Å². The van der Waals surface area contributed by atoms with Crippen molar-refractivity contribution in [2.24, 2.45) is 0 Å². The van der Waals surface area contributed by atoms with Crippen molar-refractivity contribution in [1.82, 2.24) is 23.6 Å². The van der Waals surface area contributed by atoms with Crippen molar-refractivity contribution in [3.05, 3.63) is 65.8 Å². The number of ether oxygens (including phenoxy) is 1. The van der Waals surface area contributed by atoms with E-state index in [2.05, 4.69) is 15.2 Å². The summed E-state index contributed by atoms with van der Waals surface area (Å²) in [7, 11) is -4.21. The minimum Gasteiger partial charge on any atom is -0.461 e. The van der Waals surface area contributed by atoms with E-state index in [-0.39, 0.29) is 22.8 Å². The minimum atomic E-state index is -4.21. The molecule has 0 bridgehead atoms. The number of aryl methyl sites for hydroxylation is 2. The van der Waals surface area contributed by atoms with Gasteiger partial charge in [0.1, 0.15) is 17.3 Å². The van der Waals surface area contributed by atoms with Gasteiger partial charge in [-0.15, -0.1) is 10.2 Å². The molecule has 0 aliphatic carbocycles. The summed E-state index contributed by atoms with van der Waals surface area (Å²) >= 11 is 0. The van der Waals surface area contributed by atoms with Crippen LogP contribution in [0.4, 0.5) is 0 Å². The molecule has 0 fully saturated rings. The number of benzene rings is 1. The Morgan fingerprint density at radius 1 is 1.06 bits per heavy atom. The quantitative estimate of drug-likeness (QED) is 0.362. The lowest BCUT2D eigenvalue weighted by atomic mass is 10.3. The van der Waals surface area contributed by atoms with Gasteiger partial charge >= 0.3 is 5.97 Å². The van der Waals surface area contributed by atoms with E-state index in [4.69, 9.17) is 9.15 Å². The molecular weight excluding hydrogens is 446 g/mol. The fourth-order valence-corrected chi connectivity index (χ4v) is 5.17. The molecule has 4 heterocycles. The Balaban J connectivity index is 1.93. The van der Waals surface area contributed by atoms with Crippen molar-refractivity contribution in [2.45, 2.75) is 25.7 Å². The van der Waals surface area contributed by atoms with Gasteiger partial charge in [-0.25, -0.2) is 22.2 Å². The number of furan rings is 1. The number of carbonyl (C=O) groups is 1. The number of nitrogens with zero attached hydrogens (tertiary/aromatic N) is 5. The van der Waals surface area contributed by atoms with Crippen LogP contribution < -0.4 is 0 Å². The summed E-state index contributed by atoms with van der Waals surface area (Å²) in [6.45, 7) is 5.26. The SMILES string of the molecule is CCOC(=O)c1cc2c(nc(-c3ccc(C)o3)n3c(C)nnc23)n1S(=O)(=O)c1ccccc1. The van der Waals surface area contributed by atoms with Gasteiger partial charge in [-0.2, -0.15) is 0 Å². The number of rotatable bonds is 5. The first-order valence-electron chi connectivity index (χ1n) is 10.1. The summed E-state index contributed by atoms with van der Waals surface area (Å²) in [5.41, 5.74) is 0.179. The molecule has 11 heteroatoms. The van der Waals surface area contributed by atoms with Gasteiger partial charge in [-0.1, -0.05) is 18.2 Å². The van der Waals surface area contributed by atoms with Crippen LogP contribution in [-0.2, 0) is 14.8 Å². The Bertz CT molecular complexity index is 1630. The van der Waals surface area contributed by atoms with Crippen molar-refractivity contribution >= 4 is 32.7 Å². The van der Waals surface area contributed by atoms with Crippen molar-refractivity contribution in [2.75, 3.05) is 6.61 Å². The molecule has 0 aliphatic rings. The Labute approximate surface area is 188 Å². The number of aromatic nitrogens is 5. The third-order valence-electron chi connectivity index (χ3n) is 5.15. The summed E-state index contributed by atoms with van der Waals surface area (Å²) in [6.07, 6.45) is 0. The molecule has 33 heavy (non-hydrogen) atoms. The molecule has 0 radical (unpaired) electrons. The average Bonchev–Trinajstić information content (AvgIpc) is 3.51. The van der Waals surface area contributed by atoms with Crippen LogP contribution >= 0.6 is 0 Å². The Morgan fingerprint density at radius 2 is 1.82 bits per heavy atom. The summed E-state index contributed by atoms with van der Waals surface area (Å²) in [4.78, 5) is 17.5. The highest BCUT2D eigenvalue weighted by molar-refractivity contribution is 7.90. The zero-order valence-electron chi connectivity index (χ0n) is 18.0. The number of hydrogen-bond donors (Lipinski definition) is 0. The van der Waals surface area contributed by atoms with E-state index in [0.717, 1.165) is 3.97 Å². The van der Waals surface area contributed by atoms with Crippen LogP contribution in [0.15, 0.2) is 57.8 Å². The highest BCUT2D eigenvalue weighted by atomic mass is 32.2. The second kappa shape index (κ2) is 7.55. The van der Waals surface area contributed by atoms with Gasteiger partial charge in [0.2, 0.25) is 0 Å². The second-order valence-corrected chi connectivity index (χ2v) is 9.11. The van der Waals surface area contributed by atoms with E-state index in [9.17, 15) is 13.2 Å². The van der Waals surface area contributed by atoms with Gasteiger partial charge in [-0.3, -0.25) is 4.40 Å². The largest absolute Gasteiger partial charge is 0.461 e. The molecule has 5 aromatic rings. The number of hydrogen-bond acceptors (Lipinski definition) is 8. The van der Waals surface area contributed by atoms with Gasteiger partial charge in [-0.05, 0) is 51.1 Å². The molecule has 0 saturated carbocycles. The van der Waals surface area contributed by atoms with Gasteiger partial charge in [0.25, 0.3) is 10.0 Å². The zero-order valence-corrected chi connectivity index (χ0v) is 18.8. The monoisotopic (exact) mass is 465 g/mol. The Kier molecular flexibility index (Phi) is 4.78. The fraction of sp³-hybridized carbons (Fsp3) is 0.182. The second-order valence-electron chi connectivity index (χ2n) is 7.32. The number of fused-ring (bicyclic) bond motifs is 3. The molecule has 0 unspecified atom stereocenters. The molecule has 0 N–H and O–H groups in total. The van der Waals surface area contributed by atoms with Crippen LogP contribution in [0.3, 0.4) is 0 Å². The van der Waals surface area contributed by atoms with E-state index < -0.39 is 16.0 Å². The Morgan fingerprint density at radius 3 is 2.48 bits per heavy atom. The van der Waals surface area contributed by atoms with Crippen LogP contribution in [-0.4, -0.2) is 44.5 Å². The maximum Gasteiger partial charge on any atom is 0.356 e. The van der Waals surface area contributed by atoms with Crippen LogP contribution in [0, 0.1) is 13.8 Å². The molecule has 4 aromatic heterocycles. The van der Waals surface area contributed by atoms with Crippen LogP contribution in [0.2, 0.25) is 0 Å². The average molecular weight is 465 g/mol. The predicted molar refractivity (Wildman–Crippen MR) is 118 cm³/mol. The Hall–Kier alpha value is -3.99. The smallest absolute Gasteiger partial charge is 0.356 e. The third-order valence-corrected chi connectivity index (χ3v) is 6.87. The highest BCUT2D eigenvalue weighted by Crippen LogP contribution is 2.31. The van der Waals surface area contributed by atoms with Crippen LogP contribution in [0.25, 0.3) is 28.3 Å². The molecule has 5 rings (SSSR count). The van der Waals surface area contributed by atoms with Crippen molar-refractivity contribution in [3.63, 3.8) is 0 Å². The third kappa shape index (κ3) is 3.20. The van der Waals surface area contributed by atoms with E-state index >= 15 is 0 Å². The summed E-state index contributed by atoms with van der Waals surface area (Å²) in [5, 5.41) is 8.70. The molecule has 0 amide bonds. The summed E-state index contributed by atoms with van der Waals surface area (Å²) in [5.74, 6) is 1.11. The predicted octanol–water partition coefficient (Wildman–Crippen LogP) is 3.37. The molecule has 1 aromatic carbocycles. The van der Waals surface area contributed by atoms with Crippen molar-refractivity contribution < 1.29 is 22.4 Å². The molecule has 168 valence electrons. The lowest BCUT2D eigenvalue weighted by molar-refractivity contribution is 0.0518. The van der Waals surface area contributed by atoms with E-state index in [0.29, 0.717) is 34.2 Å². The van der Waals surface area contributed by atoms with Crippen LogP contribution in [0.1, 0.15) is 29.0 Å². The normalized spacial score (nSPS) is 12.0. The maximum atomic E-state index is 13.7. The summed E-state index contributed by atoms with van der Waals surface area (Å²) < 4.78 is 40.8. The molecular formula is C22H19N5O5S. The fourth-order valence-electron chi connectivity index (χ4n) is 3.70. The first-order chi connectivity index (χ1) is 15.8. The lowest BCUT2D eigenvalue weighted by Gasteiger charge is -2.11.